The summed E-state index contributed by atoms with van der Waals surface area (Å²) in [5.74, 6) is 1.22. The van der Waals surface area contributed by atoms with Crippen molar-refractivity contribution in [3.63, 3.8) is 0 Å². The smallest absolute Gasteiger partial charge is 0.290 e. The van der Waals surface area contributed by atoms with Gasteiger partial charge in [-0.3, -0.25) is 4.79 Å². The molecule has 0 atom stereocenters. The zero-order valence-electron chi connectivity index (χ0n) is 14.5. The Morgan fingerprint density at radius 3 is 2.88 bits per heavy atom. The fourth-order valence-electron chi connectivity index (χ4n) is 3.98. The first-order valence-corrected chi connectivity index (χ1v) is 8.92. The lowest BCUT2D eigenvalue weighted by molar-refractivity contribution is 0.000142. The first kappa shape index (κ1) is 16.1. The monoisotopic (exact) mass is 340 g/mol. The van der Waals surface area contributed by atoms with Crippen molar-refractivity contribution < 1.29 is 9.53 Å². The largest absolute Gasteiger partial charge is 0.485 e. The summed E-state index contributed by atoms with van der Waals surface area (Å²) in [4.78, 5) is 21.9. The Bertz CT molecular complexity index is 736. The molecule has 1 fully saturated rings. The van der Waals surface area contributed by atoms with Crippen molar-refractivity contribution in [3.8, 4) is 5.75 Å². The molecule has 2 aliphatic rings. The average Bonchev–Trinajstić information content (AvgIpc) is 3.12. The molecule has 1 aliphatic carbocycles. The fourth-order valence-corrected chi connectivity index (χ4v) is 3.98. The third-order valence-electron chi connectivity index (χ3n) is 5.43. The number of benzene rings is 1. The number of fused-ring (bicyclic) bond motifs is 1. The van der Waals surface area contributed by atoms with Crippen LogP contribution < -0.4 is 10.1 Å². The van der Waals surface area contributed by atoms with Gasteiger partial charge in [0.1, 0.15) is 11.4 Å². The first-order chi connectivity index (χ1) is 12.2. The second-order valence-corrected chi connectivity index (χ2v) is 7.05. The Balaban J connectivity index is 1.66. The lowest BCUT2D eigenvalue weighted by atomic mass is 9.81. The van der Waals surface area contributed by atoms with Crippen molar-refractivity contribution in [1.82, 2.24) is 20.2 Å². The molecule has 132 valence electrons. The van der Waals surface area contributed by atoms with Crippen LogP contribution in [0.3, 0.4) is 0 Å². The molecule has 6 nitrogen and oxygen atoms in total. The molecule has 6 heteroatoms. The average molecular weight is 340 g/mol. The van der Waals surface area contributed by atoms with Crippen molar-refractivity contribution in [2.45, 2.75) is 43.9 Å². The van der Waals surface area contributed by atoms with E-state index < -0.39 is 0 Å². The summed E-state index contributed by atoms with van der Waals surface area (Å²) in [6.07, 6.45) is 7.29. The molecular formula is C19H24N4O2. The van der Waals surface area contributed by atoms with Crippen LogP contribution in [0, 0.1) is 0 Å². The Morgan fingerprint density at radius 2 is 2.16 bits per heavy atom. The van der Waals surface area contributed by atoms with Crippen LogP contribution in [0.15, 0.2) is 36.7 Å². The number of nitrogens with one attached hydrogen (secondary N) is 2. The van der Waals surface area contributed by atoms with Gasteiger partial charge in [0.2, 0.25) is 0 Å². The molecule has 2 aromatic rings. The van der Waals surface area contributed by atoms with Gasteiger partial charge in [-0.1, -0.05) is 18.2 Å². The van der Waals surface area contributed by atoms with E-state index in [0.717, 1.165) is 37.0 Å². The van der Waals surface area contributed by atoms with E-state index in [1.807, 2.05) is 36.2 Å². The molecule has 0 radical (unpaired) electrons. The Morgan fingerprint density at radius 1 is 1.36 bits per heavy atom. The van der Waals surface area contributed by atoms with Crippen LogP contribution in [0.5, 0.6) is 5.75 Å². The molecule has 0 saturated heterocycles. The van der Waals surface area contributed by atoms with Gasteiger partial charge < -0.3 is 19.9 Å². The summed E-state index contributed by atoms with van der Waals surface area (Å²) in [5, 5.41) is 3.37. The lowest BCUT2D eigenvalue weighted by Crippen LogP contribution is -2.51. The summed E-state index contributed by atoms with van der Waals surface area (Å²) in [5.41, 5.74) is 0.734. The minimum atomic E-state index is -0.317. The number of rotatable bonds is 2. The number of ether oxygens (including phenoxy) is 1. The molecule has 1 aliphatic heterocycles. The van der Waals surface area contributed by atoms with Crippen LogP contribution in [0.2, 0.25) is 0 Å². The molecular weight excluding hydrogens is 316 g/mol. The number of hydrogen-bond acceptors (Lipinski definition) is 4. The van der Waals surface area contributed by atoms with Gasteiger partial charge in [0, 0.05) is 30.5 Å². The standard InChI is InChI=1S/C19H24N4O2/c1-20-15-6-8-19(9-7-15)13-23(18(24)17-21-10-11-22-17)12-14-4-2-3-5-16(14)25-19/h2-5,10-11,15,20H,6-9,12-13H2,1H3,(H,21,22). The number of nitrogens with zero attached hydrogens (tertiary/aromatic N) is 2. The predicted molar refractivity (Wildman–Crippen MR) is 94.4 cm³/mol. The number of para-hydroxylation sites is 1. The quantitative estimate of drug-likeness (QED) is 0.880. The highest BCUT2D eigenvalue weighted by Gasteiger charge is 2.42. The molecule has 1 aromatic carbocycles. The number of H-pyrrole nitrogens is 1. The van der Waals surface area contributed by atoms with Gasteiger partial charge in [-0.15, -0.1) is 0 Å². The number of aromatic amines is 1. The fraction of sp³-hybridized carbons (Fsp3) is 0.474. The minimum Gasteiger partial charge on any atom is -0.485 e. The number of carbonyl (C=O) groups excluding carboxylic acids is 1. The molecule has 2 heterocycles. The third kappa shape index (κ3) is 3.14. The second kappa shape index (κ2) is 6.52. The normalized spacial score (nSPS) is 26.0. The van der Waals surface area contributed by atoms with E-state index in [1.54, 1.807) is 12.4 Å². The zero-order valence-corrected chi connectivity index (χ0v) is 14.5. The highest BCUT2D eigenvalue weighted by molar-refractivity contribution is 5.90. The van der Waals surface area contributed by atoms with Crippen molar-refractivity contribution in [2.75, 3.05) is 13.6 Å². The SMILES string of the molecule is CNC1CCC2(CC1)CN(C(=O)c1ncc[nH]1)Cc1ccccc1O2. The highest BCUT2D eigenvalue weighted by Crippen LogP contribution is 2.38. The number of amides is 1. The zero-order chi connectivity index (χ0) is 17.3. The van der Waals surface area contributed by atoms with Gasteiger partial charge in [0.05, 0.1) is 6.54 Å². The highest BCUT2D eigenvalue weighted by atomic mass is 16.5. The Hall–Kier alpha value is -2.34. The van der Waals surface area contributed by atoms with E-state index in [1.165, 1.54) is 0 Å². The van der Waals surface area contributed by atoms with E-state index in [0.29, 0.717) is 25.0 Å². The lowest BCUT2D eigenvalue weighted by Gasteiger charge is -2.41. The van der Waals surface area contributed by atoms with Gasteiger partial charge in [-0.25, -0.2) is 4.98 Å². The third-order valence-corrected chi connectivity index (χ3v) is 5.43. The molecule has 1 amide bonds. The van der Waals surface area contributed by atoms with Crippen molar-refractivity contribution >= 4 is 5.91 Å². The number of imidazole rings is 1. The van der Waals surface area contributed by atoms with Gasteiger partial charge in [0.15, 0.2) is 5.82 Å². The number of carbonyl (C=O) groups is 1. The van der Waals surface area contributed by atoms with Gasteiger partial charge in [0.25, 0.3) is 5.91 Å². The van der Waals surface area contributed by atoms with Crippen molar-refractivity contribution in [1.29, 1.82) is 0 Å². The van der Waals surface area contributed by atoms with Crippen LogP contribution in [0.1, 0.15) is 41.9 Å². The first-order valence-electron chi connectivity index (χ1n) is 8.92. The maximum Gasteiger partial charge on any atom is 0.290 e. The molecule has 1 spiro atoms. The predicted octanol–water partition coefficient (Wildman–Crippen LogP) is 2.35. The van der Waals surface area contributed by atoms with Gasteiger partial charge >= 0.3 is 0 Å². The van der Waals surface area contributed by atoms with Crippen LogP contribution in [0.25, 0.3) is 0 Å². The summed E-state index contributed by atoms with van der Waals surface area (Å²) in [7, 11) is 2.01. The van der Waals surface area contributed by atoms with E-state index >= 15 is 0 Å². The summed E-state index contributed by atoms with van der Waals surface area (Å²) < 4.78 is 6.52. The van der Waals surface area contributed by atoms with E-state index in [4.69, 9.17) is 4.74 Å². The van der Waals surface area contributed by atoms with Crippen LogP contribution in [-0.2, 0) is 6.54 Å². The van der Waals surface area contributed by atoms with Crippen molar-refractivity contribution in [2.24, 2.45) is 0 Å². The van der Waals surface area contributed by atoms with Gasteiger partial charge in [-0.05, 0) is 38.8 Å². The molecule has 4 rings (SSSR count). The van der Waals surface area contributed by atoms with E-state index in [-0.39, 0.29) is 11.5 Å². The van der Waals surface area contributed by atoms with Crippen molar-refractivity contribution in [3.05, 3.63) is 48.0 Å². The topological polar surface area (TPSA) is 70.2 Å². The minimum absolute atomic E-state index is 0.0691. The molecule has 2 N–H and O–H groups in total. The van der Waals surface area contributed by atoms with Crippen LogP contribution >= 0.6 is 0 Å². The molecule has 0 bridgehead atoms. The van der Waals surface area contributed by atoms with E-state index in [9.17, 15) is 4.79 Å². The summed E-state index contributed by atoms with van der Waals surface area (Å²) in [6, 6.07) is 8.57. The molecule has 0 unspecified atom stereocenters. The maximum absolute atomic E-state index is 12.9. The van der Waals surface area contributed by atoms with Crippen LogP contribution in [-0.4, -0.2) is 46.0 Å². The molecule has 1 aromatic heterocycles. The molecule has 25 heavy (non-hydrogen) atoms. The Kier molecular flexibility index (Phi) is 4.21. The Labute approximate surface area is 147 Å². The molecule has 1 saturated carbocycles. The summed E-state index contributed by atoms with van der Waals surface area (Å²) >= 11 is 0. The number of aromatic nitrogens is 2. The summed E-state index contributed by atoms with van der Waals surface area (Å²) in [6.45, 7) is 1.14. The number of hydrogen-bond donors (Lipinski definition) is 2. The van der Waals surface area contributed by atoms with E-state index in [2.05, 4.69) is 15.3 Å². The van der Waals surface area contributed by atoms with Gasteiger partial charge in [-0.2, -0.15) is 0 Å². The maximum atomic E-state index is 12.9. The van der Waals surface area contributed by atoms with Crippen LogP contribution in [0.4, 0.5) is 0 Å². The second-order valence-electron chi connectivity index (χ2n) is 7.05.